The van der Waals surface area contributed by atoms with Crippen LogP contribution in [0, 0.1) is 5.82 Å². The lowest BCUT2D eigenvalue weighted by Crippen LogP contribution is -1.95. The van der Waals surface area contributed by atoms with Crippen molar-refractivity contribution in [2.75, 3.05) is 0 Å². The Hall–Kier alpha value is -0.870. The molecule has 0 radical (unpaired) electrons. The number of benzene rings is 2. The van der Waals surface area contributed by atoms with Gasteiger partial charge < -0.3 is 4.74 Å². The molecule has 88 valence electrons. The lowest BCUT2D eigenvalue weighted by Gasteiger charge is -2.07. The van der Waals surface area contributed by atoms with Crippen molar-refractivity contribution in [1.29, 1.82) is 0 Å². The molecule has 0 unspecified atom stereocenters. The summed E-state index contributed by atoms with van der Waals surface area (Å²) in [6, 6.07) is 12.4. The SMILES string of the molecule is Fc1ccc(COc2cccc(Br)c2)cc1Br. The van der Waals surface area contributed by atoms with Crippen molar-refractivity contribution in [3.05, 3.63) is 62.8 Å². The standard InChI is InChI=1S/C13H9Br2FO/c14-10-2-1-3-11(7-10)17-8-9-4-5-13(16)12(15)6-9/h1-7H,8H2. The van der Waals surface area contributed by atoms with Crippen LogP contribution in [0.5, 0.6) is 5.75 Å². The summed E-state index contributed by atoms with van der Waals surface area (Å²) in [5.74, 6) is 0.510. The summed E-state index contributed by atoms with van der Waals surface area (Å²) in [6.45, 7) is 0.412. The van der Waals surface area contributed by atoms with Crippen LogP contribution in [0.3, 0.4) is 0 Å². The molecule has 0 bridgehead atoms. The van der Waals surface area contributed by atoms with Gasteiger partial charge in [-0.2, -0.15) is 0 Å². The third-order valence-electron chi connectivity index (χ3n) is 2.19. The minimum atomic E-state index is -0.267. The highest BCUT2D eigenvalue weighted by Crippen LogP contribution is 2.21. The molecule has 0 aromatic heterocycles. The second-order valence-corrected chi connectivity index (χ2v) is 5.26. The summed E-state index contributed by atoms with van der Waals surface area (Å²) in [7, 11) is 0. The zero-order valence-corrected chi connectivity index (χ0v) is 12.0. The van der Waals surface area contributed by atoms with Crippen LogP contribution in [0.25, 0.3) is 0 Å². The molecule has 0 saturated carbocycles. The van der Waals surface area contributed by atoms with Gasteiger partial charge in [-0.15, -0.1) is 0 Å². The molecule has 2 rings (SSSR count). The van der Waals surface area contributed by atoms with Crippen molar-refractivity contribution in [3.63, 3.8) is 0 Å². The third-order valence-corrected chi connectivity index (χ3v) is 3.29. The molecule has 0 heterocycles. The minimum Gasteiger partial charge on any atom is -0.489 e. The Morgan fingerprint density at radius 3 is 2.59 bits per heavy atom. The Morgan fingerprint density at radius 1 is 1.06 bits per heavy atom. The first-order chi connectivity index (χ1) is 8.15. The van der Waals surface area contributed by atoms with Crippen LogP contribution in [-0.2, 0) is 6.61 Å². The van der Waals surface area contributed by atoms with Gasteiger partial charge in [0.05, 0.1) is 4.47 Å². The highest BCUT2D eigenvalue weighted by Gasteiger charge is 2.01. The third kappa shape index (κ3) is 3.54. The fraction of sp³-hybridized carbons (Fsp3) is 0.0769. The predicted molar refractivity (Wildman–Crippen MR) is 72.6 cm³/mol. The van der Waals surface area contributed by atoms with Gasteiger partial charge in [-0.25, -0.2) is 4.39 Å². The molecule has 1 nitrogen and oxygen atoms in total. The van der Waals surface area contributed by atoms with Gasteiger partial charge in [0.2, 0.25) is 0 Å². The lowest BCUT2D eigenvalue weighted by atomic mass is 10.2. The van der Waals surface area contributed by atoms with Crippen LogP contribution in [0.2, 0.25) is 0 Å². The van der Waals surface area contributed by atoms with Gasteiger partial charge in [0, 0.05) is 4.47 Å². The molecule has 17 heavy (non-hydrogen) atoms. The fourth-order valence-corrected chi connectivity index (χ4v) is 2.16. The predicted octanol–water partition coefficient (Wildman–Crippen LogP) is 4.93. The summed E-state index contributed by atoms with van der Waals surface area (Å²) < 4.78 is 20.0. The Bertz CT molecular complexity index is 529. The number of halogens is 3. The summed E-state index contributed by atoms with van der Waals surface area (Å²) in [5, 5.41) is 0. The van der Waals surface area contributed by atoms with Gasteiger partial charge in [0.25, 0.3) is 0 Å². The maximum absolute atomic E-state index is 13.0. The zero-order valence-electron chi connectivity index (χ0n) is 8.79. The van der Waals surface area contributed by atoms with Gasteiger partial charge in [-0.05, 0) is 51.8 Å². The highest BCUT2D eigenvalue weighted by atomic mass is 79.9. The van der Waals surface area contributed by atoms with Gasteiger partial charge >= 0.3 is 0 Å². The number of hydrogen-bond acceptors (Lipinski definition) is 1. The molecule has 2 aromatic carbocycles. The molecular weight excluding hydrogens is 351 g/mol. The van der Waals surface area contributed by atoms with Crippen LogP contribution in [-0.4, -0.2) is 0 Å². The molecule has 0 N–H and O–H groups in total. The topological polar surface area (TPSA) is 9.23 Å². The van der Waals surface area contributed by atoms with Crippen LogP contribution >= 0.6 is 31.9 Å². The van der Waals surface area contributed by atoms with Crippen LogP contribution < -0.4 is 4.74 Å². The maximum Gasteiger partial charge on any atom is 0.137 e. The van der Waals surface area contributed by atoms with Crippen LogP contribution in [0.1, 0.15) is 5.56 Å². The first kappa shape index (κ1) is 12.6. The minimum absolute atomic E-state index is 0.267. The Labute approximate surface area is 116 Å². The Kier molecular flexibility index (Phi) is 4.18. The van der Waals surface area contributed by atoms with Gasteiger partial charge in [-0.3, -0.25) is 0 Å². The second kappa shape index (κ2) is 5.65. The summed E-state index contributed by atoms with van der Waals surface area (Å²) in [6.07, 6.45) is 0. The normalized spacial score (nSPS) is 10.3. The van der Waals surface area contributed by atoms with E-state index in [1.807, 2.05) is 24.3 Å². The van der Waals surface area contributed by atoms with Crippen molar-refractivity contribution in [2.45, 2.75) is 6.61 Å². The van der Waals surface area contributed by atoms with Crippen molar-refractivity contribution < 1.29 is 9.13 Å². The van der Waals surface area contributed by atoms with E-state index >= 15 is 0 Å². The molecule has 0 spiro atoms. The molecule has 0 fully saturated rings. The van der Waals surface area contributed by atoms with E-state index in [4.69, 9.17) is 4.74 Å². The van der Waals surface area contributed by atoms with E-state index in [0.29, 0.717) is 11.1 Å². The second-order valence-electron chi connectivity index (χ2n) is 3.49. The monoisotopic (exact) mass is 358 g/mol. The Morgan fingerprint density at radius 2 is 1.88 bits per heavy atom. The quantitative estimate of drug-likeness (QED) is 0.754. The fourth-order valence-electron chi connectivity index (χ4n) is 1.35. The molecule has 0 saturated heterocycles. The Balaban J connectivity index is 2.05. The smallest absolute Gasteiger partial charge is 0.137 e. The van der Waals surface area contributed by atoms with Crippen molar-refractivity contribution >= 4 is 31.9 Å². The highest BCUT2D eigenvalue weighted by molar-refractivity contribution is 9.10. The van der Waals surface area contributed by atoms with E-state index in [1.165, 1.54) is 6.07 Å². The first-order valence-corrected chi connectivity index (χ1v) is 6.56. The van der Waals surface area contributed by atoms with E-state index in [9.17, 15) is 4.39 Å². The molecule has 2 aromatic rings. The van der Waals surface area contributed by atoms with E-state index < -0.39 is 0 Å². The van der Waals surface area contributed by atoms with Gasteiger partial charge in [-0.1, -0.05) is 28.1 Å². The molecule has 0 amide bonds. The average Bonchev–Trinajstić information content (AvgIpc) is 2.31. The molecule has 0 aliphatic rings. The first-order valence-electron chi connectivity index (χ1n) is 4.97. The number of rotatable bonds is 3. The van der Waals surface area contributed by atoms with Crippen molar-refractivity contribution in [1.82, 2.24) is 0 Å². The molecular formula is C13H9Br2FO. The largest absolute Gasteiger partial charge is 0.489 e. The van der Waals surface area contributed by atoms with Crippen molar-refractivity contribution in [3.8, 4) is 5.75 Å². The molecule has 0 aliphatic carbocycles. The zero-order chi connectivity index (χ0) is 12.3. The van der Waals surface area contributed by atoms with Crippen molar-refractivity contribution in [2.24, 2.45) is 0 Å². The molecule has 4 heteroatoms. The van der Waals surface area contributed by atoms with Gasteiger partial charge in [0.15, 0.2) is 0 Å². The number of hydrogen-bond donors (Lipinski definition) is 0. The van der Waals surface area contributed by atoms with E-state index in [2.05, 4.69) is 31.9 Å². The van der Waals surface area contributed by atoms with E-state index in [-0.39, 0.29) is 5.82 Å². The van der Waals surface area contributed by atoms with E-state index in [0.717, 1.165) is 15.8 Å². The van der Waals surface area contributed by atoms with Crippen LogP contribution in [0.4, 0.5) is 4.39 Å². The molecule has 0 aliphatic heterocycles. The summed E-state index contributed by atoms with van der Waals surface area (Å²) in [5.41, 5.74) is 0.915. The molecule has 0 atom stereocenters. The van der Waals surface area contributed by atoms with Crippen LogP contribution in [0.15, 0.2) is 51.4 Å². The summed E-state index contributed by atoms with van der Waals surface area (Å²) in [4.78, 5) is 0. The van der Waals surface area contributed by atoms with E-state index in [1.54, 1.807) is 12.1 Å². The summed E-state index contributed by atoms with van der Waals surface area (Å²) >= 11 is 6.52. The lowest BCUT2D eigenvalue weighted by molar-refractivity contribution is 0.306. The van der Waals surface area contributed by atoms with Gasteiger partial charge in [0.1, 0.15) is 18.2 Å². The maximum atomic E-state index is 13.0. The average molecular weight is 360 g/mol. The number of ether oxygens (including phenoxy) is 1.